The third-order valence-corrected chi connectivity index (χ3v) is 6.29. The molecule has 18 heavy (non-hydrogen) atoms. The van der Waals surface area contributed by atoms with Crippen LogP contribution in [0, 0.1) is 29.6 Å². The van der Waals surface area contributed by atoms with Crippen LogP contribution in [-0.2, 0) is 4.79 Å². The molecule has 0 aliphatic heterocycles. The van der Waals surface area contributed by atoms with Crippen LogP contribution in [-0.4, -0.2) is 23.2 Å². The van der Waals surface area contributed by atoms with E-state index in [-0.39, 0.29) is 18.1 Å². The minimum Gasteiger partial charge on any atom is -0.394 e. The van der Waals surface area contributed by atoms with Crippen molar-refractivity contribution in [2.75, 3.05) is 6.61 Å². The summed E-state index contributed by atoms with van der Waals surface area (Å²) in [5.74, 6) is 3.69. The second-order valence-corrected chi connectivity index (χ2v) is 7.15. The molecule has 4 saturated carbocycles. The van der Waals surface area contributed by atoms with Gasteiger partial charge in [0.15, 0.2) is 0 Å². The number of amides is 1. The SMILES string of the molecule is O=C(NC1(CO)CCCC1)C1C2C3CCC(C3)C12. The van der Waals surface area contributed by atoms with E-state index >= 15 is 0 Å². The molecule has 4 unspecified atom stereocenters. The van der Waals surface area contributed by atoms with E-state index in [0.717, 1.165) is 37.5 Å². The highest BCUT2D eigenvalue weighted by Crippen LogP contribution is 2.69. The first kappa shape index (κ1) is 11.3. The van der Waals surface area contributed by atoms with Crippen LogP contribution < -0.4 is 5.32 Å². The van der Waals surface area contributed by atoms with E-state index < -0.39 is 0 Å². The smallest absolute Gasteiger partial charge is 0.224 e. The van der Waals surface area contributed by atoms with Crippen molar-refractivity contribution >= 4 is 5.91 Å². The molecule has 2 N–H and O–H groups in total. The lowest BCUT2D eigenvalue weighted by atomic mass is 9.96. The molecule has 4 aliphatic rings. The predicted molar refractivity (Wildman–Crippen MR) is 67.7 cm³/mol. The first-order valence-corrected chi connectivity index (χ1v) is 7.67. The fourth-order valence-electron chi connectivity index (χ4n) is 5.39. The Morgan fingerprint density at radius 2 is 1.78 bits per heavy atom. The highest BCUT2D eigenvalue weighted by atomic mass is 16.3. The summed E-state index contributed by atoms with van der Waals surface area (Å²) < 4.78 is 0. The zero-order valence-electron chi connectivity index (χ0n) is 10.9. The fraction of sp³-hybridized carbons (Fsp3) is 0.933. The molecule has 4 aliphatic carbocycles. The molecule has 1 amide bonds. The highest BCUT2D eigenvalue weighted by Gasteiger charge is 2.67. The molecule has 0 heterocycles. The van der Waals surface area contributed by atoms with Crippen LogP contribution in [0.2, 0.25) is 0 Å². The van der Waals surface area contributed by atoms with Gasteiger partial charge in [0.2, 0.25) is 5.91 Å². The van der Waals surface area contributed by atoms with Crippen LogP contribution >= 0.6 is 0 Å². The van der Waals surface area contributed by atoms with E-state index in [1.807, 2.05) is 0 Å². The Bertz CT molecular complexity index is 359. The quantitative estimate of drug-likeness (QED) is 0.800. The van der Waals surface area contributed by atoms with Gasteiger partial charge in [-0.25, -0.2) is 0 Å². The number of fused-ring (bicyclic) bond motifs is 5. The van der Waals surface area contributed by atoms with Gasteiger partial charge in [0.1, 0.15) is 0 Å². The van der Waals surface area contributed by atoms with Gasteiger partial charge in [-0.1, -0.05) is 12.8 Å². The summed E-state index contributed by atoms with van der Waals surface area (Å²) in [5, 5.41) is 12.8. The first-order valence-electron chi connectivity index (χ1n) is 7.67. The molecule has 0 aromatic heterocycles. The molecule has 100 valence electrons. The molecule has 3 heteroatoms. The van der Waals surface area contributed by atoms with Gasteiger partial charge in [0.25, 0.3) is 0 Å². The number of hydrogen-bond donors (Lipinski definition) is 2. The molecule has 3 nitrogen and oxygen atoms in total. The monoisotopic (exact) mass is 249 g/mol. The maximum absolute atomic E-state index is 12.4. The topological polar surface area (TPSA) is 49.3 Å². The van der Waals surface area contributed by atoms with Crippen LogP contribution in [0.5, 0.6) is 0 Å². The molecule has 0 aromatic carbocycles. The van der Waals surface area contributed by atoms with Crippen LogP contribution in [0.15, 0.2) is 0 Å². The average Bonchev–Trinajstić information content (AvgIpc) is 2.75. The highest BCUT2D eigenvalue weighted by molar-refractivity contribution is 5.83. The van der Waals surface area contributed by atoms with Crippen LogP contribution in [0.1, 0.15) is 44.9 Å². The van der Waals surface area contributed by atoms with Crippen molar-refractivity contribution in [1.82, 2.24) is 5.32 Å². The number of rotatable bonds is 3. The normalized spacial score (nSPS) is 47.1. The van der Waals surface area contributed by atoms with Gasteiger partial charge in [-0.15, -0.1) is 0 Å². The molecular weight excluding hydrogens is 226 g/mol. The molecule has 0 radical (unpaired) electrons. The number of hydrogen-bond acceptors (Lipinski definition) is 2. The van der Waals surface area contributed by atoms with E-state index in [1.54, 1.807) is 0 Å². The Hall–Kier alpha value is -0.570. The molecule has 4 fully saturated rings. The van der Waals surface area contributed by atoms with Crippen LogP contribution in [0.4, 0.5) is 0 Å². The second-order valence-electron chi connectivity index (χ2n) is 7.15. The molecule has 2 bridgehead atoms. The van der Waals surface area contributed by atoms with Crippen molar-refractivity contribution in [2.45, 2.75) is 50.5 Å². The maximum Gasteiger partial charge on any atom is 0.224 e. The summed E-state index contributed by atoms with van der Waals surface area (Å²) in [4.78, 5) is 12.4. The van der Waals surface area contributed by atoms with Crippen molar-refractivity contribution in [3.8, 4) is 0 Å². The lowest BCUT2D eigenvalue weighted by Crippen LogP contribution is -2.50. The third kappa shape index (κ3) is 1.43. The minimum atomic E-state index is -0.271. The number of nitrogens with one attached hydrogen (secondary N) is 1. The first-order chi connectivity index (χ1) is 8.74. The Morgan fingerprint density at radius 1 is 1.17 bits per heavy atom. The Morgan fingerprint density at radius 3 is 2.33 bits per heavy atom. The van der Waals surface area contributed by atoms with E-state index in [0.29, 0.717) is 17.8 Å². The summed E-state index contributed by atoms with van der Waals surface area (Å²) in [7, 11) is 0. The van der Waals surface area contributed by atoms with Gasteiger partial charge in [0.05, 0.1) is 12.1 Å². The molecule has 0 spiro atoms. The third-order valence-electron chi connectivity index (χ3n) is 6.29. The summed E-state index contributed by atoms with van der Waals surface area (Å²) in [6.45, 7) is 0.119. The predicted octanol–water partition coefficient (Wildman–Crippen LogP) is 1.70. The van der Waals surface area contributed by atoms with Crippen LogP contribution in [0.3, 0.4) is 0 Å². The van der Waals surface area contributed by atoms with Crippen molar-refractivity contribution < 1.29 is 9.90 Å². The molecule has 0 aromatic rings. The van der Waals surface area contributed by atoms with Gasteiger partial charge in [-0.2, -0.15) is 0 Å². The molecule has 4 atom stereocenters. The largest absolute Gasteiger partial charge is 0.394 e. The Kier molecular flexibility index (Phi) is 2.33. The molecule has 4 rings (SSSR count). The number of carbonyl (C=O) groups excluding carboxylic acids is 1. The fourth-order valence-corrected chi connectivity index (χ4v) is 5.39. The van der Waals surface area contributed by atoms with E-state index in [4.69, 9.17) is 0 Å². The van der Waals surface area contributed by atoms with Crippen molar-refractivity contribution in [3.63, 3.8) is 0 Å². The zero-order chi connectivity index (χ0) is 12.3. The van der Waals surface area contributed by atoms with Crippen molar-refractivity contribution in [3.05, 3.63) is 0 Å². The maximum atomic E-state index is 12.4. The van der Waals surface area contributed by atoms with Gasteiger partial charge in [0, 0.05) is 5.92 Å². The average molecular weight is 249 g/mol. The number of aliphatic hydroxyl groups is 1. The summed E-state index contributed by atoms with van der Waals surface area (Å²) >= 11 is 0. The minimum absolute atomic E-state index is 0.119. The molecular formula is C15H23NO2. The number of carbonyl (C=O) groups is 1. The summed E-state index contributed by atoms with van der Waals surface area (Å²) in [6, 6.07) is 0. The van der Waals surface area contributed by atoms with E-state index in [2.05, 4.69) is 5.32 Å². The molecule has 0 saturated heterocycles. The standard InChI is InChI=1S/C15H23NO2/c17-8-15(5-1-2-6-15)16-14(18)13-11-9-3-4-10(7-9)12(11)13/h9-13,17H,1-8H2,(H,16,18). The zero-order valence-corrected chi connectivity index (χ0v) is 10.9. The van der Waals surface area contributed by atoms with E-state index in [9.17, 15) is 9.90 Å². The summed E-state index contributed by atoms with van der Waals surface area (Å²) in [6.07, 6.45) is 8.33. The Labute approximate surface area is 108 Å². The van der Waals surface area contributed by atoms with Gasteiger partial charge < -0.3 is 10.4 Å². The van der Waals surface area contributed by atoms with Crippen LogP contribution in [0.25, 0.3) is 0 Å². The number of aliphatic hydroxyl groups excluding tert-OH is 1. The lowest BCUT2D eigenvalue weighted by Gasteiger charge is -2.28. The van der Waals surface area contributed by atoms with E-state index in [1.165, 1.54) is 19.3 Å². The van der Waals surface area contributed by atoms with Crippen molar-refractivity contribution in [1.29, 1.82) is 0 Å². The van der Waals surface area contributed by atoms with Gasteiger partial charge in [-0.3, -0.25) is 4.79 Å². The van der Waals surface area contributed by atoms with Gasteiger partial charge >= 0.3 is 0 Å². The lowest BCUT2D eigenvalue weighted by molar-refractivity contribution is -0.125. The van der Waals surface area contributed by atoms with Crippen molar-refractivity contribution in [2.24, 2.45) is 29.6 Å². The Balaban J connectivity index is 1.43. The van der Waals surface area contributed by atoms with Gasteiger partial charge in [-0.05, 0) is 55.8 Å². The second kappa shape index (κ2) is 3.72. The summed E-state index contributed by atoms with van der Waals surface area (Å²) in [5.41, 5.74) is -0.271.